The molecule has 2 heterocycles. The first-order valence-corrected chi connectivity index (χ1v) is 8.43. The van der Waals surface area contributed by atoms with Crippen LogP contribution in [0.25, 0.3) is 22.8 Å². The number of aromatic amines is 2. The minimum absolute atomic E-state index is 0.152. The molecule has 10 nitrogen and oxygen atoms in total. The Hall–Kier alpha value is -4.08. The summed E-state index contributed by atoms with van der Waals surface area (Å²) in [7, 11) is 1.59. The Balaban J connectivity index is 1.68. The number of amides is 1. The summed E-state index contributed by atoms with van der Waals surface area (Å²) in [4.78, 5) is 11.8. The number of nitrogens with zero attached hydrogens (tertiary/aromatic N) is 5. The number of hydrogen-bond acceptors (Lipinski definition) is 7. The number of carbonyl (C=O) groups is 1. The Bertz CT molecular complexity index is 1120. The van der Waals surface area contributed by atoms with Gasteiger partial charge in [-0.15, -0.1) is 10.2 Å². The molecule has 4 rings (SSSR count). The van der Waals surface area contributed by atoms with Crippen LogP contribution >= 0.6 is 0 Å². The Morgan fingerprint density at radius 3 is 2.71 bits per heavy atom. The van der Waals surface area contributed by atoms with Crippen molar-refractivity contribution in [1.82, 2.24) is 41.4 Å². The van der Waals surface area contributed by atoms with Crippen LogP contribution in [-0.2, 0) is 6.42 Å². The largest absolute Gasteiger partial charge is 0.508 e. The van der Waals surface area contributed by atoms with Gasteiger partial charge < -0.3 is 10.4 Å². The quantitative estimate of drug-likeness (QED) is 0.411. The van der Waals surface area contributed by atoms with Crippen LogP contribution in [0.3, 0.4) is 0 Å². The van der Waals surface area contributed by atoms with E-state index in [1.165, 1.54) is 0 Å². The molecule has 28 heavy (non-hydrogen) atoms. The molecule has 4 aromatic rings. The van der Waals surface area contributed by atoms with Gasteiger partial charge in [0, 0.05) is 24.6 Å². The van der Waals surface area contributed by atoms with Crippen LogP contribution in [0.1, 0.15) is 21.5 Å². The summed E-state index contributed by atoms with van der Waals surface area (Å²) in [6.07, 6.45) is 0.444. The maximum Gasteiger partial charge on any atom is 0.251 e. The maximum absolute atomic E-state index is 11.8. The van der Waals surface area contributed by atoms with Crippen LogP contribution < -0.4 is 5.32 Å². The first-order valence-electron chi connectivity index (χ1n) is 8.43. The van der Waals surface area contributed by atoms with E-state index in [0.717, 1.165) is 11.1 Å². The van der Waals surface area contributed by atoms with Crippen molar-refractivity contribution < 1.29 is 9.90 Å². The van der Waals surface area contributed by atoms with E-state index in [-0.39, 0.29) is 11.7 Å². The van der Waals surface area contributed by atoms with E-state index in [1.54, 1.807) is 31.3 Å². The summed E-state index contributed by atoms with van der Waals surface area (Å²) < 4.78 is 0. The summed E-state index contributed by atoms with van der Waals surface area (Å²) in [6.45, 7) is 0. The van der Waals surface area contributed by atoms with Gasteiger partial charge in [-0.3, -0.25) is 4.79 Å². The zero-order valence-electron chi connectivity index (χ0n) is 14.8. The smallest absolute Gasteiger partial charge is 0.251 e. The number of nitrogens with one attached hydrogen (secondary N) is 3. The van der Waals surface area contributed by atoms with Crippen molar-refractivity contribution in [2.45, 2.75) is 6.42 Å². The lowest BCUT2D eigenvalue weighted by Crippen LogP contribution is -2.17. The van der Waals surface area contributed by atoms with Crippen LogP contribution in [0, 0.1) is 0 Å². The lowest BCUT2D eigenvalue weighted by atomic mass is 9.98. The molecule has 0 aliphatic carbocycles. The molecule has 0 saturated carbocycles. The molecule has 10 heteroatoms. The highest BCUT2D eigenvalue weighted by Crippen LogP contribution is 2.30. The molecule has 4 N–H and O–H groups in total. The second-order valence-corrected chi connectivity index (χ2v) is 6.06. The molecule has 0 aliphatic heterocycles. The SMILES string of the molecule is CNC(=O)c1cccc(Cc2cc(-c3n[nH]nc3-c3nn[nH]n3)ccc2O)c1. The van der Waals surface area contributed by atoms with E-state index in [1.807, 2.05) is 18.2 Å². The molecular weight excluding hydrogens is 360 g/mol. The summed E-state index contributed by atoms with van der Waals surface area (Å²) in [5.41, 5.74) is 3.88. The topological polar surface area (TPSA) is 145 Å². The van der Waals surface area contributed by atoms with Gasteiger partial charge in [-0.05, 0) is 46.7 Å². The number of aromatic nitrogens is 7. The number of H-pyrrole nitrogens is 2. The third-order valence-electron chi connectivity index (χ3n) is 4.27. The molecule has 0 aliphatic rings. The van der Waals surface area contributed by atoms with Crippen molar-refractivity contribution in [3.8, 4) is 28.5 Å². The Morgan fingerprint density at radius 2 is 1.93 bits per heavy atom. The normalized spacial score (nSPS) is 10.8. The molecule has 1 amide bonds. The third-order valence-corrected chi connectivity index (χ3v) is 4.27. The fraction of sp³-hybridized carbons (Fsp3) is 0.111. The number of aromatic hydroxyl groups is 1. The molecule has 0 radical (unpaired) electrons. The van der Waals surface area contributed by atoms with Gasteiger partial charge in [-0.25, -0.2) is 0 Å². The predicted octanol–water partition coefficient (Wildman–Crippen LogP) is 1.31. The van der Waals surface area contributed by atoms with Crippen molar-refractivity contribution in [2.24, 2.45) is 0 Å². The van der Waals surface area contributed by atoms with Gasteiger partial charge in [0.15, 0.2) is 5.69 Å². The minimum atomic E-state index is -0.160. The van der Waals surface area contributed by atoms with Crippen LogP contribution in [0.15, 0.2) is 42.5 Å². The van der Waals surface area contributed by atoms with Gasteiger partial charge in [0.25, 0.3) is 5.91 Å². The van der Waals surface area contributed by atoms with Crippen molar-refractivity contribution in [3.05, 3.63) is 59.2 Å². The molecule has 0 saturated heterocycles. The number of phenols is 1. The Morgan fingerprint density at radius 1 is 1.07 bits per heavy atom. The second-order valence-electron chi connectivity index (χ2n) is 6.06. The van der Waals surface area contributed by atoms with Gasteiger partial charge in [0.1, 0.15) is 11.4 Å². The van der Waals surface area contributed by atoms with E-state index < -0.39 is 0 Å². The average Bonchev–Trinajstić information content (AvgIpc) is 3.40. The van der Waals surface area contributed by atoms with E-state index in [4.69, 9.17) is 0 Å². The standard InChI is InChI=1S/C18H16N8O2/c1-19-18(28)12-4-2-3-10(7-12)8-13-9-11(5-6-14(13)27)15-16(21-24-20-15)17-22-25-26-23-17/h2-7,9,27H,8H2,1H3,(H,19,28)(H,20,21,24)(H,22,23,25,26). The number of carbonyl (C=O) groups excluding carboxylic acids is 1. The third kappa shape index (κ3) is 3.30. The fourth-order valence-corrected chi connectivity index (χ4v) is 2.91. The van der Waals surface area contributed by atoms with Gasteiger partial charge in [0.2, 0.25) is 5.82 Å². The van der Waals surface area contributed by atoms with Crippen LogP contribution in [0.2, 0.25) is 0 Å². The van der Waals surface area contributed by atoms with Crippen LogP contribution in [-0.4, -0.2) is 54.1 Å². The van der Waals surface area contributed by atoms with Gasteiger partial charge in [-0.2, -0.15) is 20.6 Å². The average molecular weight is 376 g/mol. The highest BCUT2D eigenvalue weighted by Gasteiger charge is 2.17. The predicted molar refractivity (Wildman–Crippen MR) is 99.3 cm³/mol. The fourth-order valence-electron chi connectivity index (χ4n) is 2.91. The molecule has 0 bridgehead atoms. The van der Waals surface area contributed by atoms with Gasteiger partial charge in [0.05, 0.1) is 0 Å². The Labute approximate surface area is 159 Å². The number of phenolic OH excluding ortho intramolecular Hbond substituents is 1. The lowest BCUT2D eigenvalue weighted by molar-refractivity contribution is 0.0963. The molecule has 140 valence electrons. The second kappa shape index (κ2) is 7.27. The van der Waals surface area contributed by atoms with Crippen molar-refractivity contribution in [1.29, 1.82) is 0 Å². The molecule has 0 atom stereocenters. The van der Waals surface area contributed by atoms with Gasteiger partial charge in [-0.1, -0.05) is 12.1 Å². The zero-order valence-corrected chi connectivity index (χ0v) is 14.8. The number of hydrogen-bond donors (Lipinski definition) is 4. The number of rotatable bonds is 5. The van der Waals surface area contributed by atoms with Crippen molar-refractivity contribution >= 4 is 5.91 Å². The summed E-state index contributed by atoms with van der Waals surface area (Å²) in [5.74, 6) is 0.308. The first-order chi connectivity index (χ1) is 13.7. The highest BCUT2D eigenvalue weighted by molar-refractivity contribution is 5.94. The van der Waals surface area contributed by atoms with E-state index in [9.17, 15) is 9.90 Å². The molecular formula is C18H16N8O2. The first kappa shape index (κ1) is 17.3. The number of benzene rings is 2. The maximum atomic E-state index is 11.8. The van der Waals surface area contributed by atoms with Crippen molar-refractivity contribution in [3.63, 3.8) is 0 Å². The summed E-state index contributed by atoms with van der Waals surface area (Å²) in [5, 5.41) is 37.5. The molecule has 2 aromatic carbocycles. The molecule has 0 unspecified atom stereocenters. The monoisotopic (exact) mass is 376 g/mol. The van der Waals surface area contributed by atoms with Gasteiger partial charge >= 0.3 is 0 Å². The molecule has 0 fully saturated rings. The summed E-state index contributed by atoms with van der Waals surface area (Å²) in [6, 6.07) is 12.4. The van der Waals surface area contributed by atoms with E-state index >= 15 is 0 Å². The van der Waals surface area contributed by atoms with E-state index in [0.29, 0.717) is 34.8 Å². The number of tetrazole rings is 1. The van der Waals surface area contributed by atoms with Crippen LogP contribution in [0.4, 0.5) is 0 Å². The van der Waals surface area contributed by atoms with E-state index in [2.05, 4.69) is 41.4 Å². The molecule has 2 aromatic heterocycles. The van der Waals surface area contributed by atoms with Crippen LogP contribution in [0.5, 0.6) is 5.75 Å². The minimum Gasteiger partial charge on any atom is -0.508 e. The lowest BCUT2D eigenvalue weighted by Gasteiger charge is -2.09. The summed E-state index contributed by atoms with van der Waals surface area (Å²) >= 11 is 0. The highest BCUT2D eigenvalue weighted by atomic mass is 16.3. The Kier molecular flexibility index (Phi) is 4.50. The zero-order chi connectivity index (χ0) is 19.5. The van der Waals surface area contributed by atoms with Crippen molar-refractivity contribution in [2.75, 3.05) is 7.05 Å². The molecule has 0 spiro atoms.